The highest BCUT2D eigenvalue weighted by molar-refractivity contribution is 9.10. The Balaban J connectivity index is 1.76. The number of nitrogens with one attached hydrogen (secondary N) is 2. The van der Waals surface area contributed by atoms with Gasteiger partial charge >= 0.3 is 0 Å². The van der Waals surface area contributed by atoms with Crippen molar-refractivity contribution in [1.29, 1.82) is 0 Å². The SMILES string of the molecule is O=C(NCC1CCC(O)CC1)c1cc(Br)c[nH]1. The van der Waals surface area contributed by atoms with Crippen LogP contribution in [0.25, 0.3) is 0 Å². The lowest BCUT2D eigenvalue weighted by atomic mass is 9.87. The zero-order chi connectivity index (χ0) is 12.3. The van der Waals surface area contributed by atoms with E-state index in [1.165, 1.54) is 0 Å². The van der Waals surface area contributed by atoms with Crippen molar-refractivity contribution in [3.8, 4) is 0 Å². The Morgan fingerprint density at radius 2 is 2.18 bits per heavy atom. The third-order valence-electron chi connectivity index (χ3n) is 3.26. The number of aliphatic hydroxyl groups is 1. The van der Waals surface area contributed by atoms with Crippen LogP contribution in [0.15, 0.2) is 16.7 Å². The molecule has 1 aromatic heterocycles. The number of rotatable bonds is 3. The minimum atomic E-state index is -0.138. The Bertz CT molecular complexity index is 384. The number of amides is 1. The molecule has 0 atom stereocenters. The molecule has 1 heterocycles. The number of H-pyrrole nitrogens is 1. The molecule has 0 unspecified atom stereocenters. The van der Waals surface area contributed by atoms with Crippen LogP contribution >= 0.6 is 15.9 Å². The van der Waals surface area contributed by atoms with E-state index in [2.05, 4.69) is 26.2 Å². The van der Waals surface area contributed by atoms with Gasteiger partial charge < -0.3 is 15.4 Å². The molecule has 1 saturated carbocycles. The zero-order valence-corrected chi connectivity index (χ0v) is 11.2. The maximum Gasteiger partial charge on any atom is 0.267 e. The van der Waals surface area contributed by atoms with Gasteiger partial charge in [-0.05, 0) is 53.6 Å². The topological polar surface area (TPSA) is 65.1 Å². The van der Waals surface area contributed by atoms with E-state index in [1.54, 1.807) is 12.3 Å². The van der Waals surface area contributed by atoms with E-state index in [-0.39, 0.29) is 12.0 Å². The smallest absolute Gasteiger partial charge is 0.267 e. The normalized spacial score (nSPS) is 24.6. The molecule has 0 aromatic carbocycles. The van der Waals surface area contributed by atoms with Crippen LogP contribution in [-0.2, 0) is 0 Å². The van der Waals surface area contributed by atoms with Gasteiger partial charge in [0.1, 0.15) is 5.69 Å². The Morgan fingerprint density at radius 1 is 1.47 bits per heavy atom. The summed E-state index contributed by atoms with van der Waals surface area (Å²) in [7, 11) is 0. The molecular formula is C12H17BrN2O2. The highest BCUT2D eigenvalue weighted by Gasteiger charge is 2.20. The van der Waals surface area contributed by atoms with Gasteiger partial charge in [0.15, 0.2) is 0 Å². The van der Waals surface area contributed by atoms with E-state index < -0.39 is 0 Å². The van der Waals surface area contributed by atoms with Crippen molar-refractivity contribution >= 4 is 21.8 Å². The first-order valence-corrected chi connectivity index (χ1v) is 6.74. The summed E-state index contributed by atoms with van der Waals surface area (Å²) >= 11 is 3.30. The second-order valence-electron chi connectivity index (χ2n) is 4.62. The molecule has 3 N–H and O–H groups in total. The minimum absolute atomic E-state index is 0.0678. The first-order valence-electron chi connectivity index (χ1n) is 5.95. The van der Waals surface area contributed by atoms with Gasteiger partial charge in [-0.2, -0.15) is 0 Å². The fraction of sp³-hybridized carbons (Fsp3) is 0.583. The van der Waals surface area contributed by atoms with Gasteiger partial charge in [-0.15, -0.1) is 0 Å². The number of hydrogen-bond donors (Lipinski definition) is 3. The number of aromatic amines is 1. The van der Waals surface area contributed by atoms with Crippen LogP contribution in [0.5, 0.6) is 0 Å². The average Bonchev–Trinajstić information content (AvgIpc) is 2.75. The Hall–Kier alpha value is -0.810. The van der Waals surface area contributed by atoms with E-state index in [0.29, 0.717) is 18.2 Å². The molecule has 0 aliphatic heterocycles. The summed E-state index contributed by atoms with van der Waals surface area (Å²) in [5.41, 5.74) is 0.577. The van der Waals surface area contributed by atoms with Gasteiger partial charge in [-0.3, -0.25) is 4.79 Å². The van der Waals surface area contributed by atoms with E-state index in [1.807, 2.05) is 0 Å². The fourth-order valence-electron chi connectivity index (χ4n) is 2.18. The first kappa shape index (κ1) is 12.6. The number of carbonyl (C=O) groups is 1. The largest absolute Gasteiger partial charge is 0.393 e. The molecule has 0 bridgehead atoms. The molecule has 1 aliphatic carbocycles. The summed E-state index contributed by atoms with van der Waals surface area (Å²) < 4.78 is 0.878. The minimum Gasteiger partial charge on any atom is -0.393 e. The highest BCUT2D eigenvalue weighted by atomic mass is 79.9. The molecule has 1 amide bonds. The molecular weight excluding hydrogens is 284 g/mol. The first-order chi connectivity index (χ1) is 8.15. The molecule has 4 nitrogen and oxygen atoms in total. The van der Waals surface area contributed by atoms with Crippen LogP contribution in [-0.4, -0.2) is 28.6 Å². The molecule has 17 heavy (non-hydrogen) atoms. The monoisotopic (exact) mass is 300 g/mol. The van der Waals surface area contributed by atoms with E-state index >= 15 is 0 Å². The van der Waals surface area contributed by atoms with Gasteiger partial charge in [-0.1, -0.05) is 0 Å². The van der Waals surface area contributed by atoms with Crippen LogP contribution in [0.2, 0.25) is 0 Å². The molecule has 1 aromatic rings. The summed E-state index contributed by atoms with van der Waals surface area (Å²) in [6.07, 6.45) is 5.31. The predicted octanol–water partition coefficient (Wildman–Crippen LogP) is 2.06. The Kier molecular flexibility index (Phi) is 4.23. The van der Waals surface area contributed by atoms with Crippen LogP contribution in [0.4, 0.5) is 0 Å². The summed E-state index contributed by atoms with van der Waals surface area (Å²) in [6, 6.07) is 1.76. The molecule has 0 radical (unpaired) electrons. The van der Waals surface area contributed by atoms with Crippen molar-refractivity contribution in [3.63, 3.8) is 0 Å². The molecule has 0 spiro atoms. The molecule has 5 heteroatoms. The van der Waals surface area contributed by atoms with Crippen molar-refractivity contribution in [2.75, 3.05) is 6.54 Å². The molecule has 0 saturated heterocycles. The van der Waals surface area contributed by atoms with Crippen molar-refractivity contribution < 1.29 is 9.90 Å². The van der Waals surface area contributed by atoms with Crippen LogP contribution in [0.1, 0.15) is 36.2 Å². The molecule has 2 rings (SSSR count). The van der Waals surface area contributed by atoms with Crippen LogP contribution < -0.4 is 5.32 Å². The number of aromatic nitrogens is 1. The third kappa shape index (κ3) is 3.57. The van der Waals surface area contributed by atoms with Crippen molar-refractivity contribution in [2.45, 2.75) is 31.8 Å². The van der Waals surface area contributed by atoms with Crippen molar-refractivity contribution in [3.05, 3.63) is 22.4 Å². The lowest BCUT2D eigenvalue weighted by Crippen LogP contribution is -2.32. The lowest BCUT2D eigenvalue weighted by molar-refractivity contribution is 0.0906. The number of aliphatic hydroxyl groups excluding tert-OH is 1. The second kappa shape index (κ2) is 5.69. The summed E-state index contributed by atoms with van der Waals surface area (Å²) in [6.45, 7) is 0.697. The predicted molar refractivity (Wildman–Crippen MR) is 68.8 cm³/mol. The second-order valence-corrected chi connectivity index (χ2v) is 5.53. The fourth-order valence-corrected chi connectivity index (χ4v) is 2.52. The van der Waals surface area contributed by atoms with Gasteiger partial charge in [0.05, 0.1) is 6.10 Å². The number of halogens is 1. The van der Waals surface area contributed by atoms with Gasteiger partial charge in [0.25, 0.3) is 5.91 Å². The maximum atomic E-state index is 11.8. The van der Waals surface area contributed by atoms with E-state index in [9.17, 15) is 9.90 Å². The van der Waals surface area contributed by atoms with Crippen molar-refractivity contribution in [1.82, 2.24) is 10.3 Å². The maximum absolute atomic E-state index is 11.8. The van der Waals surface area contributed by atoms with Crippen LogP contribution in [0.3, 0.4) is 0 Å². The van der Waals surface area contributed by atoms with Gasteiger partial charge in [-0.25, -0.2) is 0 Å². The molecule has 94 valence electrons. The van der Waals surface area contributed by atoms with Gasteiger partial charge in [0.2, 0.25) is 0 Å². The standard InChI is InChI=1S/C12H17BrN2O2/c13-9-5-11(14-7-9)12(17)15-6-8-1-3-10(16)4-2-8/h5,7-8,10,14,16H,1-4,6H2,(H,15,17). The summed E-state index contributed by atoms with van der Waals surface area (Å²) in [5.74, 6) is 0.433. The average molecular weight is 301 g/mol. The van der Waals surface area contributed by atoms with Crippen molar-refractivity contribution in [2.24, 2.45) is 5.92 Å². The molecule has 1 aliphatic rings. The Morgan fingerprint density at radius 3 is 2.76 bits per heavy atom. The van der Waals surface area contributed by atoms with Gasteiger partial charge in [0, 0.05) is 17.2 Å². The highest BCUT2D eigenvalue weighted by Crippen LogP contribution is 2.23. The third-order valence-corrected chi connectivity index (χ3v) is 3.72. The van der Waals surface area contributed by atoms with E-state index in [0.717, 1.165) is 30.2 Å². The quantitative estimate of drug-likeness (QED) is 0.800. The zero-order valence-electron chi connectivity index (χ0n) is 9.58. The summed E-state index contributed by atoms with van der Waals surface area (Å²) in [4.78, 5) is 14.7. The summed E-state index contributed by atoms with van der Waals surface area (Å²) in [5, 5.41) is 12.3. The lowest BCUT2D eigenvalue weighted by Gasteiger charge is -2.25. The number of hydrogen-bond acceptors (Lipinski definition) is 2. The van der Waals surface area contributed by atoms with Crippen LogP contribution in [0, 0.1) is 5.92 Å². The number of carbonyl (C=O) groups excluding carboxylic acids is 1. The van der Waals surface area contributed by atoms with E-state index in [4.69, 9.17) is 0 Å². The molecule has 1 fully saturated rings. The Labute approximate surface area is 109 Å².